The molecule has 0 radical (unpaired) electrons. The van der Waals surface area contributed by atoms with Gasteiger partial charge in [0.2, 0.25) is 0 Å². The summed E-state index contributed by atoms with van der Waals surface area (Å²) in [5.74, 6) is 0.774. The second kappa shape index (κ2) is 6.12. The summed E-state index contributed by atoms with van der Waals surface area (Å²) in [6.07, 6.45) is 1.75. The molecule has 5 heteroatoms. The molecule has 0 saturated carbocycles. The molecule has 3 nitrogen and oxygen atoms in total. The van der Waals surface area contributed by atoms with E-state index in [2.05, 4.69) is 42.4 Å². The van der Waals surface area contributed by atoms with Crippen molar-refractivity contribution in [1.82, 2.24) is 5.43 Å². The fourth-order valence-electron chi connectivity index (χ4n) is 1.04. The monoisotopic (exact) mass is 334 g/mol. The van der Waals surface area contributed by atoms with Crippen molar-refractivity contribution in [2.45, 2.75) is 6.92 Å². The van der Waals surface area contributed by atoms with Crippen LogP contribution in [0.2, 0.25) is 0 Å². The predicted molar refractivity (Wildman–Crippen MR) is 69.7 cm³/mol. The van der Waals surface area contributed by atoms with Gasteiger partial charge in [-0.25, -0.2) is 0 Å². The van der Waals surface area contributed by atoms with E-state index in [1.807, 2.05) is 19.1 Å². The van der Waals surface area contributed by atoms with Crippen LogP contribution in [0.5, 0.6) is 5.75 Å². The quantitative estimate of drug-likeness (QED) is 0.677. The van der Waals surface area contributed by atoms with Crippen LogP contribution in [0, 0.1) is 0 Å². The first kappa shape index (κ1) is 12.5. The standard InChI is InChI=1S/C10H12Br2N2O/c1-3-13-14-6-7-4-5-8(11)10(15-2)9(7)12/h4-6,13H,3H2,1-2H3/b14-6+. The first-order valence-electron chi connectivity index (χ1n) is 4.48. The first-order valence-corrected chi connectivity index (χ1v) is 6.07. The Bertz CT molecular complexity index is 367. The molecule has 0 fully saturated rings. The summed E-state index contributed by atoms with van der Waals surface area (Å²) >= 11 is 6.88. The van der Waals surface area contributed by atoms with Gasteiger partial charge in [0.25, 0.3) is 0 Å². The Morgan fingerprint density at radius 1 is 1.47 bits per heavy atom. The number of benzene rings is 1. The summed E-state index contributed by atoms with van der Waals surface area (Å²) in [5, 5.41) is 4.05. The van der Waals surface area contributed by atoms with Crippen molar-refractivity contribution >= 4 is 38.1 Å². The molecule has 1 aromatic rings. The number of nitrogens with zero attached hydrogens (tertiary/aromatic N) is 1. The minimum Gasteiger partial charge on any atom is -0.494 e. The first-order chi connectivity index (χ1) is 7.20. The van der Waals surface area contributed by atoms with Crippen LogP contribution in [-0.4, -0.2) is 19.9 Å². The lowest BCUT2D eigenvalue weighted by Gasteiger charge is -2.07. The Labute approximate surface area is 106 Å². The van der Waals surface area contributed by atoms with Crippen molar-refractivity contribution in [2.75, 3.05) is 13.7 Å². The molecule has 0 spiro atoms. The second-order valence-corrected chi connectivity index (χ2v) is 4.40. The van der Waals surface area contributed by atoms with Crippen molar-refractivity contribution < 1.29 is 4.74 Å². The summed E-state index contributed by atoms with van der Waals surface area (Å²) in [6.45, 7) is 2.80. The smallest absolute Gasteiger partial charge is 0.147 e. The Kier molecular flexibility index (Phi) is 5.11. The molecule has 0 bridgehead atoms. The molecule has 0 aromatic heterocycles. The Morgan fingerprint density at radius 2 is 2.20 bits per heavy atom. The van der Waals surface area contributed by atoms with Gasteiger partial charge in [-0.15, -0.1) is 0 Å². The molecule has 0 amide bonds. The third-order valence-corrected chi connectivity index (χ3v) is 3.18. The van der Waals surface area contributed by atoms with Crippen molar-refractivity contribution in [3.8, 4) is 5.75 Å². The van der Waals surface area contributed by atoms with Gasteiger partial charge in [-0.3, -0.25) is 0 Å². The van der Waals surface area contributed by atoms with Gasteiger partial charge in [0.05, 0.1) is 22.3 Å². The van der Waals surface area contributed by atoms with Crippen molar-refractivity contribution in [3.05, 3.63) is 26.6 Å². The molecule has 15 heavy (non-hydrogen) atoms. The number of methoxy groups -OCH3 is 1. The maximum absolute atomic E-state index is 5.25. The summed E-state index contributed by atoms with van der Waals surface area (Å²) in [5.41, 5.74) is 3.84. The van der Waals surface area contributed by atoms with E-state index in [1.165, 1.54) is 0 Å². The summed E-state index contributed by atoms with van der Waals surface area (Å²) in [6, 6.07) is 3.88. The largest absolute Gasteiger partial charge is 0.494 e. The molecule has 82 valence electrons. The molecular weight excluding hydrogens is 324 g/mol. The maximum Gasteiger partial charge on any atom is 0.147 e. The van der Waals surface area contributed by atoms with E-state index >= 15 is 0 Å². The Hall–Kier alpha value is -0.550. The molecule has 0 aliphatic rings. The molecule has 1 aromatic carbocycles. The van der Waals surface area contributed by atoms with Crippen LogP contribution in [-0.2, 0) is 0 Å². The van der Waals surface area contributed by atoms with E-state index in [-0.39, 0.29) is 0 Å². The summed E-state index contributed by atoms with van der Waals surface area (Å²) < 4.78 is 7.05. The topological polar surface area (TPSA) is 33.6 Å². The molecule has 0 aliphatic heterocycles. The van der Waals surface area contributed by atoms with E-state index < -0.39 is 0 Å². The third kappa shape index (κ3) is 3.21. The minimum absolute atomic E-state index is 0.774. The SMILES string of the molecule is CCN/N=C/c1ccc(Br)c(OC)c1Br. The number of ether oxygens (including phenoxy) is 1. The average Bonchev–Trinajstić information content (AvgIpc) is 2.22. The highest BCUT2D eigenvalue weighted by molar-refractivity contribution is 9.11. The maximum atomic E-state index is 5.25. The molecule has 1 rings (SSSR count). The average molecular weight is 336 g/mol. The molecule has 1 N–H and O–H groups in total. The lowest BCUT2D eigenvalue weighted by molar-refractivity contribution is 0.409. The van der Waals surface area contributed by atoms with Crippen LogP contribution in [0.3, 0.4) is 0 Å². The van der Waals surface area contributed by atoms with Gasteiger partial charge in [0.1, 0.15) is 5.75 Å². The fourth-order valence-corrected chi connectivity index (χ4v) is 2.41. The lowest BCUT2D eigenvalue weighted by Crippen LogP contribution is -2.03. The van der Waals surface area contributed by atoms with E-state index in [0.717, 1.165) is 26.8 Å². The highest BCUT2D eigenvalue weighted by Gasteiger charge is 2.08. The van der Waals surface area contributed by atoms with Crippen molar-refractivity contribution in [3.63, 3.8) is 0 Å². The Balaban J connectivity index is 3.00. The van der Waals surface area contributed by atoms with Gasteiger partial charge in [-0.1, -0.05) is 6.07 Å². The van der Waals surface area contributed by atoms with E-state index in [1.54, 1.807) is 13.3 Å². The second-order valence-electron chi connectivity index (χ2n) is 2.75. The highest BCUT2D eigenvalue weighted by atomic mass is 79.9. The molecule has 0 heterocycles. The molecule has 0 saturated heterocycles. The van der Waals surface area contributed by atoms with Gasteiger partial charge in [0.15, 0.2) is 0 Å². The van der Waals surface area contributed by atoms with Crippen LogP contribution >= 0.6 is 31.9 Å². The predicted octanol–water partition coefficient (Wildman–Crippen LogP) is 3.16. The van der Waals surface area contributed by atoms with Gasteiger partial charge in [0, 0.05) is 12.1 Å². The number of rotatable bonds is 4. The van der Waals surface area contributed by atoms with Gasteiger partial charge < -0.3 is 10.2 Å². The van der Waals surface area contributed by atoms with Crippen LogP contribution < -0.4 is 10.2 Å². The van der Waals surface area contributed by atoms with E-state index in [9.17, 15) is 0 Å². The van der Waals surface area contributed by atoms with Crippen molar-refractivity contribution in [2.24, 2.45) is 5.10 Å². The van der Waals surface area contributed by atoms with E-state index in [4.69, 9.17) is 4.74 Å². The number of hydrazone groups is 1. The summed E-state index contributed by atoms with van der Waals surface area (Å²) in [7, 11) is 1.63. The number of hydrogen-bond acceptors (Lipinski definition) is 3. The van der Waals surface area contributed by atoms with Crippen LogP contribution in [0.25, 0.3) is 0 Å². The molecule has 0 unspecified atom stereocenters. The normalized spacial score (nSPS) is 10.7. The van der Waals surface area contributed by atoms with Gasteiger partial charge >= 0.3 is 0 Å². The summed E-state index contributed by atoms with van der Waals surface area (Å²) in [4.78, 5) is 0. The fraction of sp³-hybridized carbons (Fsp3) is 0.300. The zero-order valence-corrected chi connectivity index (χ0v) is 11.7. The zero-order chi connectivity index (χ0) is 11.3. The van der Waals surface area contributed by atoms with Crippen LogP contribution in [0.1, 0.15) is 12.5 Å². The van der Waals surface area contributed by atoms with Gasteiger partial charge in [-0.05, 0) is 44.8 Å². The molecule has 0 atom stereocenters. The van der Waals surface area contributed by atoms with Gasteiger partial charge in [-0.2, -0.15) is 5.10 Å². The minimum atomic E-state index is 0.774. The highest BCUT2D eigenvalue weighted by Crippen LogP contribution is 2.34. The molecular formula is C10H12Br2N2O. The number of halogens is 2. The zero-order valence-electron chi connectivity index (χ0n) is 8.55. The lowest BCUT2D eigenvalue weighted by atomic mass is 10.2. The Morgan fingerprint density at radius 3 is 2.80 bits per heavy atom. The van der Waals surface area contributed by atoms with Crippen molar-refractivity contribution in [1.29, 1.82) is 0 Å². The van der Waals surface area contributed by atoms with Crippen LogP contribution in [0.4, 0.5) is 0 Å². The third-order valence-electron chi connectivity index (χ3n) is 1.74. The number of hydrogen-bond donors (Lipinski definition) is 1. The molecule has 0 aliphatic carbocycles. The number of nitrogens with one attached hydrogen (secondary N) is 1. The van der Waals surface area contributed by atoms with E-state index in [0.29, 0.717) is 0 Å². The van der Waals surface area contributed by atoms with Crippen LogP contribution in [0.15, 0.2) is 26.2 Å².